The van der Waals surface area contributed by atoms with Gasteiger partial charge in [-0.25, -0.2) is 4.79 Å². The van der Waals surface area contributed by atoms with Gasteiger partial charge in [-0.2, -0.15) is 0 Å². The summed E-state index contributed by atoms with van der Waals surface area (Å²) in [5.41, 5.74) is 2.41. The molecule has 1 aliphatic rings. The van der Waals surface area contributed by atoms with Gasteiger partial charge in [0.15, 0.2) is 0 Å². The van der Waals surface area contributed by atoms with Gasteiger partial charge < -0.3 is 20.1 Å². The highest BCUT2D eigenvalue weighted by molar-refractivity contribution is 7.19. The summed E-state index contributed by atoms with van der Waals surface area (Å²) in [7, 11) is 1.61. The number of amides is 2. The molecule has 2 aromatic carbocycles. The van der Waals surface area contributed by atoms with Gasteiger partial charge in [-0.15, -0.1) is 11.3 Å². The lowest BCUT2D eigenvalue weighted by Crippen LogP contribution is -2.17. The minimum absolute atomic E-state index is 0.110. The molecule has 4 rings (SSSR count). The first kappa shape index (κ1) is 23.5. The maximum atomic E-state index is 13.0. The zero-order valence-electron chi connectivity index (χ0n) is 19.2. The zero-order chi connectivity index (χ0) is 24.2. The molecule has 0 saturated heterocycles. The molecule has 8 heteroatoms. The smallest absolute Gasteiger partial charge is 0.341 e. The van der Waals surface area contributed by atoms with Crippen LogP contribution < -0.4 is 15.4 Å². The molecule has 1 heterocycles. The third-order valence-corrected chi connectivity index (χ3v) is 6.98. The van der Waals surface area contributed by atoms with Gasteiger partial charge in [0.1, 0.15) is 10.8 Å². The monoisotopic (exact) mass is 478 g/mol. The Kier molecular flexibility index (Phi) is 6.98. The van der Waals surface area contributed by atoms with Crippen molar-refractivity contribution in [3.05, 3.63) is 76.2 Å². The predicted molar refractivity (Wildman–Crippen MR) is 132 cm³/mol. The number of thiophene rings is 1. The molecule has 0 radical (unpaired) electrons. The van der Waals surface area contributed by atoms with Crippen LogP contribution in [0.3, 0.4) is 0 Å². The quantitative estimate of drug-likeness (QED) is 0.432. The maximum absolute atomic E-state index is 13.0. The number of methoxy groups -OCH3 is 1. The first-order valence-corrected chi connectivity index (χ1v) is 11.9. The van der Waals surface area contributed by atoms with Crippen LogP contribution in [0.1, 0.15) is 50.4 Å². The number of anilines is 2. The van der Waals surface area contributed by atoms with Gasteiger partial charge in [0.05, 0.1) is 24.2 Å². The molecule has 0 spiro atoms. The highest BCUT2D eigenvalue weighted by Crippen LogP contribution is 2.48. The van der Waals surface area contributed by atoms with Crippen LogP contribution in [0.25, 0.3) is 0 Å². The van der Waals surface area contributed by atoms with Crippen LogP contribution in [0.4, 0.5) is 10.7 Å². The molecule has 7 nitrogen and oxygen atoms in total. The SMILES string of the molecule is CCOC(=O)c1c(NC(=O)C2CC2c2ccc(OC)cc2)sc(C(=O)Nc2ccccc2)c1C. The predicted octanol–water partition coefficient (Wildman–Crippen LogP) is 5.24. The molecule has 1 aliphatic carbocycles. The highest BCUT2D eigenvalue weighted by atomic mass is 32.1. The first-order chi connectivity index (χ1) is 16.4. The Balaban J connectivity index is 1.54. The lowest BCUT2D eigenvalue weighted by molar-refractivity contribution is -0.117. The summed E-state index contributed by atoms with van der Waals surface area (Å²) in [6.45, 7) is 3.59. The molecular formula is C26H26N2O5S. The number of hydrogen-bond acceptors (Lipinski definition) is 6. The van der Waals surface area contributed by atoms with Crippen LogP contribution in [0.15, 0.2) is 54.6 Å². The van der Waals surface area contributed by atoms with E-state index in [1.54, 1.807) is 33.1 Å². The van der Waals surface area contributed by atoms with Crippen LogP contribution in [-0.2, 0) is 9.53 Å². The van der Waals surface area contributed by atoms with Crippen molar-refractivity contribution < 1.29 is 23.9 Å². The summed E-state index contributed by atoms with van der Waals surface area (Å²) < 4.78 is 10.4. The fourth-order valence-corrected chi connectivity index (χ4v) is 4.98. The largest absolute Gasteiger partial charge is 0.497 e. The molecule has 176 valence electrons. The second kappa shape index (κ2) is 10.1. The van der Waals surface area contributed by atoms with E-state index >= 15 is 0 Å². The Bertz CT molecular complexity index is 1200. The normalized spacial score (nSPS) is 16.4. The van der Waals surface area contributed by atoms with E-state index in [4.69, 9.17) is 9.47 Å². The van der Waals surface area contributed by atoms with E-state index in [0.29, 0.717) is 21.1 Å². The van der Waals surface area contributed by atoms with Crippen LogP contribution in [0, 0.1) is 12.8 Å². The van der Waals surface area contributed by atoms with Crippen LogP contribution in [-0.4, -0.2) is 31.5 Å². The molecule has 34 heavy (non-hydrogen) atoms. The maximum Gasteiger partial charge on any atom is 0.341 e. The van der Waals surface area contributed by atoms with Gasteiger partial charge in [0.2, 0.25) is 5.91 Å². The molecule has 1 aromatic heterocycles. The molecule has 0 bridgehead atoms. The molecule has 0 aliphatic heterocycles. The molecule has 3 aromatic rings. The molecule has 2 N–H and O–H groups in total. The number of para-hydroxylation sites is 1. The Morgan fingerprint density at radius 1 is 1.03 bits per heavy atom. The fourth-order valence-electron chi connectivity index (χ4n) is 3.89. The fraction of sp³-hybridized carbons (Fsp3) is 0.269. The van der Waals surface area contributed by atoms with Crippen molar-refractivity contribution in [2.75, 3.05) is 24.4 Å². The van der Waals surface area contributed by atoms with Crippen LogP contribution in [0.2, 0.25) is 0 Å². The second-order valence-electron chi connectivity index (χ2n) is 8.01. The van der Waals surface area contributed by atoms with E-state index in [1.165, 1.54) is 0 Å². The van der Waals surface area contributed by atoms with Crippen molar-refractivity contribution >= 4 is 39.8 Å². The lowest BCUT2D eigenvalue weighted by atomic mass is 10.1. The molecule has 2 atom stereocenters. The molecule has 2 unspecified atom stereocenters. The van der Waals surface area contributed by atoms with E-state index < -0.39 is 5.97 Å². The first-order valence-electron chi connectivity index (χ1n) is 11.0. The van der Waals surface area contributed by atoms with Gasteiger partial charge in [-0.05, 0) is 61.6 Å². The standard InChI is InChI=1S/C26H26N2O5S/c1-4-33-26(31)21-15(2)22(24(30)27-17-8-6-5-7-9-17)34-25(21)28-23(29)20-14-19(20)16-10-12-18(32-3)13-11-16/h5-13,19-20H,4,14H2,1-3H3,(H,27,30)(H,28,29). The summed E-state index contributed by atoms with van der Waals surface area (Å²) in [5, 5.41) is 6.05. The number of rotatable bonds is 8. The molecule has 1 fully saturated rings. The van der Waals surface area contributed by atoms with Gasteiger partial charge >= 0.3 is 5.97 Å². The van der Waals surface area contributed by atoms with Crippen molar-refractivity contribution in [1.29, 1.82) is 0 Å². The van der Waals surface area contributed by atoms with Gasteiger partial charge in [0.25, 0.3) is 5.91 Å². The van der Waals surface area contributed by atoms with Crippen molar-refractivity contribution in [3.63, 3.8) is 0 Å². The Hall–Kier alpha value is -3.65. The third-order valence-electron chi connectivity index (χ3n) is 5.77. The van der Waals surface area contributed by atoms with Gasteiger partial charge in [0, 0.05) is 11.6 Å². The number of nitrogens with one attached hydrogen (secondary N) is 2. The van der Waals surface area contributed by atoms with E-state index in [9.17, 15) is 14.4 Å². The van der Waals surface area contributed by atoms with E-state index in [-0.39, 0.29) is 35.8 Å². The summed E-state index contributed by atoms with van der Waals surface area (Å²) >= 11 is 1.08. The molecule has 2 amide bonds. The Morgan fingerprint density at radius 3 is 2.38 bits per heavy atom. The minimum Gasteiger partial charge on any atom is -0.497 e. The van der Waals surface area contributed by atoms with E-state index in [0.717, 1.165) is 29.1 Å². The number of hydrogen-bond donors (Lipinski definition) is 2. The Morgan fingerprint density at radius 2 is 1.74 bits per heavy atom. The zero-order valence-corrected chi connectivity index (χ0v) is 20.0. The average molecular weight is 479 g/mol. The van der Waals surface area contributed by atoms with Crippen molar-refractivity contribution in [2.45, 2.75) is 26.2 Å². The van der Waals surface area contributed by atoms with Crippen molar-refractivity contribution in [1.82, 2.24) is 0 Å². The summed E-state index contributed by atoms with van der Waals surface area (Å²) in [6, 6.07) is 16.7. The average Bonchev–Trinajstić information content (AvgIpc) is 3.58. The summed E-state index contributed by atoms with van der Waals surface area (Å²) in [4.78, 5) is 39.0. The minimum atomic E-state index is -0.562. The number of benzene rings is 2. The number of ether oxygens (including phenoxy) is 2. The number of esters is 1. The lowest BCUT2D eigenvalue weighted by Gasteiger charge is -2.07. The topological polar surface area (TPSA) is 93.7 Å². The highest BCUT2D eigenvalue weighted by Gasteiger charge is 2.44. The number of carbonyl (C=O) groups is 3. The Labute approximate surface area is 202 Å². The van der Waals surface area contributed by atoms with Gasteiger partial charge in [-0.1, -0.05) is 30.3 Å². The summed E-state index contributed by atoms with van der Waals surface area (Å²) in [6.07, 6.45) is 0.721. The van der Waals surface area contributed by atoms with Gasteiger partial charge in [-0.3, -0.25) is 9.59 Å². The van der Waals surface area contributed by atoms with E-state index in [1.807, 2.05) is 42.5 Å². The van der Waals surface area contributed by atoms with E-state index in [2.05, 4.69) is 10.6 Å². The van der Waals surface area contributed by atoms with Crippen LogP contribution >= 0.6 is 11.3 Å². The van der Waals surface area contributed by atoms with Crippen molar-refractivity contribution in [2.24, 2.45) is 5.92 Å². The molecular weight excluding hydrogens is 452 g/mol. The number of carbonyl (C=O) groups excluding carboxylic acids is 3. The third kappa shape index (κ3) is 4.97. The molecule has 1 saturated carbocycles. The second-order valence-corrected chi connectivity index (χ2v) is 9.03. The van der Waals surface area contributed by atoms with Crippen molar-refractivity contribution in [3.8, 4) is 5.75 Å². The van der Waals surface area contributed by atoms with Crippen LogP contribution in [0.5, 0.6) is 5.75 Å². The summed E-state index contributed by atoms with van der Waals surface area (Å²) in [5.74, 6) is -0.413.